The van der Waals surface area contributed by atoms with E-state index in [4.69, 9.17) is 0 Å². The van der Waals surface area contributed by atoms with Crippen LogP contribution in [0.25, 0.3) is 0 Å². The number of fused-ring (bicyclic) bond motifs is 1. The molecule has 1 N–H and O–H groups in total. The Hall–Kier alpha value is -2.77. The first-order valence-corrected chi connectivity index (χ1v) is 8.15. The molecule has 2 aromatic rings. The van der Waals surface area contributed by atoms with Gasteiger partial charge < -0.3 is 14.8 Å². The predicted octanol–water partition coefficient (Wildman–Crippen LogP) is 0.0110. The molecule has 1 saturated heterocycles. The molecule has 2 aromatic heterocycles. The van der Waals surface area contributed by atoms with Crippen molar-refractivity contribution in [2.75, 3.05) is 31.1 Å². The number of aryl methyl sites for hydroxylation is 2. The van der Waals surface area contributed by atoms with Crippen LogP contribution in [0.3, 0.4) is 0 Å². The van der Waals surface area contributed by atoms with Gasteiger partial charge in [-0.3, -0.25) is 9.59 Å². The fourth-order valence-electron chi connectivity index (χ4n) is 3.26. The van der Waals surface area contributed by atoms with Crippen LogP contribution in [0.1, 0.15) is 28.2 Å². The zero-order valence-electron chi connectivity index (χ0n) is 13.2. The third-order valence-corrected chi connectivity index (χ3v) is 4.60. The molecule has 1 aliphatic carbocycles. The summed E-state index contributed by atoms with van der Waals surface area (Å²) in [6, 6.07) is 3.37. The fourth-order valence-corrected chi connectivity index (χ4v) is 3.26. The Kier molecular flexibility index (Phi) is 3.72. The molecule has 4 rings (SSSR count). The normalized spacial score (nSPS) is 17.0. The number of aromatic amines is 1. The van der Waals surface area contributed by atoms with E-state index in [0.717, 1.165) is 30.8 Å². The van der Waals surface area contributed by atoms with Crippen molar-refractivity contribution in [1.82, 2.24) is 25.1 Å². The second-order valence-corrected chi connectivity index (χ2v) is 6.10. The van der Waals surface area contributed by atoms with Crippen LogP contribution in [0.2, 0.25) is 0 Å². The SMILES string of the molecule is O=C(c1cc(=O)[nH]cn1)N1CCN(c2cc3c(nn2)CCC3)CC1. The smallest absolute Gasteiger partial charge is 0.272 e. The molecule has 8 nitrogen and oxygen atoms in total. The quantitative estimate of drug-likeness (QED) is 0.835. The van der Waals surface area contributed by atoms with Crippen LogP contribution in [-0.4, -0.2) is 57.2 Å². The van der Waals surface area contributed by atoms with Gasteiger partial charge in [-0.2, -0.15) is 5.10 Å². The van der Waals surface area contributed by atoms with Gasteiger partial charge in [-0.05, 0) is 30.9 Å². The fraction of sp³-hybridized carbons (Fsp3) is 0.438. The Morgan fingerprint density at radius 1 is 1.08 bits per heavy atom. The molecule has 1 aliphatic heterocycles. The summed E-state index contributed by atoms with van der Waals surface area (Å²) in [6.07, 6.45) is 4.50. The molecule has 1 fully saturated rings. The van der Waals surface area contributed by atoms with Gasteiger partial charge in [-0.1, -0.05) is 0 Å². The van der Waals surface area contributed by atoms with Gasteiger partial charge in [-0.25, -0.2) is 4.98 Å². The molecule has 0 bridgehead atoms. The number of H-pyrrole nitrogens is 1. The highest BCUT2D eigenvalue weighted by Crippen LogP contribution is 2.23. The number of rotatable bonds is 2. The zero-order chi connectivity index (χ0) is 16.5. The van der Waals surface area contributed by atoms with Crippen molar-refractivity contribution >= 4 is 11.7 Å². The van der Waals surface area contributed by atoms with Crippen LogP contribution in [0, 0.1) is 0 Å². The minimum Gasteiger partial charge on any atom is -0.352 e. The van der Waals surface area contributed by atoms with Crippen LogP contribution in [0.4, 0.5) is 5.82 Å². The molecular formula is C16H18N6O2. The monoisotopic (exact) mass is 326 g/mol. The van der Waals surface area contributed by atoms with Gasteiger partial charge in [0.25, 0.3) is 11.5 Å². The standard InChI is InChI=1S/C16H18N6O2/c23-15-9-13(17-10-18-15)16(24)22-6-4-21(5-7-22)14-8-11-2-1-3-12(11)19-20-14/h8-10H,1-7H2,(H,17,18,23). The van der Waals surface area contributed by atoms with Crippen molar-refractivity contribution in [3.63, 3.8) is 0 Å². The Labute approximate surface area is 138 Å². The average Bonchev–Trinajstić information content (AvgIpc) is 3.09. The van der Waals surface area contributed by atoms with Crippen molar-refractivity contribution < 1.29 is 4.79 Å². The minimum atomic E-state index is -0.319. The van der Waals surface area contributed by atoms with Crippen molar-refractivity contribution in [2.24, 2.45) is 0 Å². The van der Waals surface area contributed by atoms with Crippen molar-refractivity contribution in [3.05, 3.63) is 45.8 Å². The highest BCUT2D eigenvalue weighted by molar-refractivity contribution is 5.92. The number of nitrogens with one attached hydrogen (secondary N) is 1. The van der Waals surface area contributed by atoms with E-state index in [1.54, 1.807) is 4.90 Å². The maximum Gasteiger partial charge on any atom is 0.272 e. The Balaban J connectivity index is 1.43. The van der Waals surface area contributed by atoms with Crippen molar-refractivity contribution in [2.45, 2.75) is 19.3 Å². The molecule has 0 spiro atoms. The van der Waals surface area contributed by atoms with E-state index < -0.39 is 0 Å². The van der Waals surface area contributed by atoms with Crippen LogP contribution >= 0.6 is 0 Å². The van der Waals surface area contributed by atoms with E-state index in [1.807, 2.05) is 0 Å². The summed E-state index contributed by atoms with van der Waals surface area (Å²) in [7, 11) is 0. The summed E-state index contributed by atoms with van der Waals surface area (Å²) >= 11 is 0. The summed E-state index contributed by atoms with van der Waals surface area (Å²) in [5.41, 5.74) is 2.28. The molecule has 0 unspecified atom stereocenters. The molecule has 8 heteroatoms. The maximum absolute atomic E-state index is 12.4. The van der Waals surface area contributed by atoms with E-state index in [9.17, 15) is 9.59 Å². The molecule has 2 aliphatic rings. The molecule has 0 atom stereocenters. The van der Waals surface area contributed by atoms with Gasteiger partial charge in [-0.15, -0.1) is 5.10 Å². The van der Waals surface area contributed by atoms with Crippen LogP contribution < -0.4 is 10.5 Å². The van der Waals surface area contributed by atoms with Crippen molar-refractivity contribution in [1.29, 1.82) is 0 Å². The number of carbonyl (C=O) groups excluding carboxylic acids is 1. The molecular weight excluding hydrogens is 308 g/mol. The van der Waals surface area contributed by atoms with Crippen LogP contribution in [-0.2, 0) is 12.8 Å². The maximum atomic E-state index is 12.4. The molecule has 0 aromatic carbocycles. The average molecular weight is 326 g/mol. The topological polar surface area (TPSA) is 95.1 Å². The Bertz CT molecular complexity index is 825. The molecule has 124 valence electrons. The highest BCUT2D eigenvalue weighted by Gasteiger charge is 2.25. The summed E-state index contributed by atoms with van der Waals surface area (Å²) in [6.45, 7) is 2.54. The number of anilines is 1. The lowest BCUT2D eigenvalue weighted by Crippen LogP contribution is -2.49. The molecule has 3 heterocycles. The number of hydrogen-bond acceptors (Lipinski definition) is 6. The largest absolute Gasteiger partial charge is 0.352 e. The van der Waals surface area contributed by atoms with Gasteiger partial charge in [0.2, 0.25) is 0 Å². The molecule has 0 radical (unpaired) electrons. The first kappa shape index (κ1) is 14.8. The third-order valence-electron chi connectivity index (χ3n) is 4.60. The van der Waals surface area contributed by atoms with Gasteiger partial charge in [0.05, 0.1) is 12.0 Å². The first-order chi connectivity index (χ1) is 11.7. The first-order valence-electron chi connectivity index (χ1n) is 8.15. The summed E-state index contributed by atoms with van der Waals surface area (Å²) in [4.78, 5) is 34.0. The van der Waals surface area contributed by atoms with Crippen LogP contribution in [0.15, 0.2) is 23.3 Å². The number of carbonyl (C=O) groups is 1. The summed E-state index contributed by atoms with van der Waals surface area (Å²) < 4.78 is 0. The van der Waals surface area contributed by atoms with Gasteiger partial charge in [0.1, 0.15) is 5.69 Å². The number of amides is 1. The Morgan fingerprint density at radius 3 is 2.71 bits per heavy atom. The second-order valence-electron chi connectivity index (χ2n) is 6.10. The lowest BCUT2D eigenvalue weighted by atomic mass is 10.2. The minimum absolute atomic E-state index is 0.185. The van der Waals surface area contributed by atoms with E-state index in [-0.39, 0.29) is 17.2 Å². The highest BCUT2D eigenvalue weighted by atomic mass is 16.2. The molecule has 24 heavy (non-hydrogen) atoms. The number of nitrogens with zero attached hydrogens (tertiary/aromatic N) is 5. The van der Waals surface area contributed by atoms with Gasteiger partial charge >= 0.3 is 0 Å². The van der Waals surface area contributed by atoms with E-state index in [0.29, 0.717) is 26.2 Å². The van der Waals surface area contributed by atoms with Gasteiger partial charge in [0, 0.05) is 32.2 Å². The summed E-state index contributed by atoms with van der Waals surface area (Å²) in [5, 5.41) is 8.65. The predicted molar refractivity (Wildman–Crippen MR) is 87.0 cm³/mol. The molecule has 0 saturated carbocycles. The van der Waals surface area contributed by atoms with Gasteiger partial charge in [0.15, 0.2) is 5.82 Å². The molecule has 1 amide bonds. The lowest BCUT2D eigenvalue weighted by Gasteiger charge is -2.35. The zero-order valence-corrected chi connectivity index (χ0v) is 13.2. The number of aromatic nitrogens is 4. The lowest BCUT2D eigenvalue weighted by molar-refractivity contribution is 0.0740. The Morgan fingerprint density at radius 2 is 1.92 bits per heavy atom. The van der Waals surface area contributed by atoms with E-state index >= 15 is 0 Å². The van der Waals surface area contributed by atoms with E-state index in [1.165, 1.54) is 18.0 Å². The van der Waals surface area contributed by atoms with Crippen LogP contribution in [0.5, 0.6) is 0 Å². The number of piperazine rings is 1. The summed E-state index contributed by atoms with van der Waals surface area (Å²) in [5.74, 6) is 0.679. The van der Waals surface area contributed by atoms with E-state index in [2.05, 4.69) is 31.1 Å². The van der Waals surface area contributed by atoms with Crippen molar-refractivity contribution in [3.8, 4) is 0 Å². The third kappa shape index (κ3) is 2.75. The number of hydrogen-bond donors (Lipinski definition) is 1. The second kappa shape index (κ2) is 6.03.